The van der Waals surface area contributed by atoms with E-state index in [4.69, 9.17) is 5.73 Å². The number of amides is 2. The van der Waals surface area contributed by atoms with Gasteiger partial charge in [-0.1, -0.05) is 30.3 Å². The Labute approximate surface area is 196 Å². The molecule has 2 aliphatic heterocycles. The summed E-state index contributed by atoms with van der Waals surface area (Å²) in [7, 11) is -3.56. The van der Waals surface area contributed by atoms with E-state index in [1.165, 1.54) is 4.31 Å². The van der Waals surface area contributed by atoms with Gasteiger partial charge in [0.05, 0.1) is 6.26 Å². The zero-order chi connectivity index (χ0) is 23.6. The summed E-state index contributed by atoms with van der Waals surface area (Å²) in [6.45, 7) is 1.39. The highest BCUT2D eigenvalue weighted by molar-refractivity contribution is 7.88. The molecule has 0 aromatic heterocycles. The van der Waals surface area contributed by atoms with Gasteiger partial charge in [-0.05, 0) is 56.4 Å². The SMILES string of the molecule is CS(=O)(=O)N1CC[C@@H](c2ccccc2)[C@@H]1C(=O)N1CCC[C@H]1C(=O)NCC1CCC(N)CC1. The Morgan fingerprint density at radius 3 is 2.39 bits per heavy atom. The number of nitrogens with zero attached hydrogens (tertiary/aromatic N) is 2. The normalized spacial score (nSPS) is 31.0. The molecule has 3 N–H and O–H groups in total. The molecule has 2 saturated heterocycles. The van der Waals surface area contributed by atoms with Crippen molar-refractivity contribution in [3.63, 3.8) is 0 Å². The molecule has 1 aliphatic carbocycles. The lowest BCUT2D eigenvalue weighted by molar-refractivity contribution is -0.141. The topological polar surface area (TPSA) is 113 Å². The van der Waals surface area contributed by atoms with Crippen LogP contribution in [0.3, 0.4) is 0 Å². The van der Waals surface area contributed by atoms with Gasteiger partial charge >= 0.3 is 0 Å². The molecule has 2 amide bonds. The first-order valence-corrected chi connectivity index (χ1v) is 14.0. The van der Waals surface area contributed by atoms with Crippen molar-refractivity contribution < 1.29 is 18.0 Å². The van der Waals surface area contributed by atoms with Crippen LogP contribution in [0.5, 0.6) is 0 Å². The summed E-state index contributed by atoms with van der Waals surface area (Å²) < 4.78 is 26.4. The van der Waals surface area contributed by atoms with Crippen LogP contribution in [0.2, 0.25) is 0 Å². The van der Waals surface area contributed by atoms with Gasteiger partial charge in [-0.25, -0.2) is 8.42 Å². The third kappa shape index (κ3) is 5.41. The van der Waals surface area contributed by atoms with Gasteiger partial charge in [0.1, 0.15) is 12.1 Å². The predicted octanol–water partition coefficient (Wildman–Crippen LogP) is 1.43. The minimum absolute atomic E-state index is 0.129. The zero-order valence-electron chi connectivity index (χ0n) is 19.4. The second-order valence-corrected chi connectivity index (χ2v) is 11.8. The van der Waals surface area contributed by atoms with E-state index in [-0.39, 0.29) is 23.8 Å². The molecule has 9 heteroatoms. The van der Waals surface area contributed by atoms with E-state index in [0.29, 0.717) is 38.4 Å². The number of carbonyl (C=O) groups excluding carboxylic acids is 2. The molecule has 33 heavy (non-hydrogen) atoms. The molecule has 8 nitrogen and oxygen atoms in total. The molecule has 2 heterocycles. The number of benzene rings is 1. The van der Waals surface area contributed by atoms with E-state index in [1.807, 2.05) is 30.3 Å². The minimum Gasteiger partial charge on any atom is -0.354 e. The van der Waals surface area contributed by atoms with Gasteiger partial charge in [-0.15, -0.1) is 0 Å². The predicted molar refractivity (Wildman–Crippen MR) is 127 cm³/mol. The van der Waals surface area contributed by atoms with Crippen LogP contribution in [-0.4, -0.2) is 73.5 Å². The Balaban J connectivity index is 1.48. The van der Waals surface area contributed by atoms with Crippen LogP contribution in [-0.2, 0) is 19.6 Å². The molecular weight excluding hydrogens is 440 g/mol. The molecule has 3 atom stereocenters. The molecule has 1 aromatic rings. The number of likely N-dealkylation sites (tertiary alicyclic amines) is 1. The highest BCUT2D eigenvalue weighted by atomic mass is 32.2. The van der Waals surface area contributed by atoms with Gasteiger partial charge in [-0.2, -0.15) is 4.31 Å². The second-order valence-electron chi connectivity index (χ2n) is 9.84. The summed E-state index contributed by atoms with van der Waals surface area (Å²) >= 11 is 0. The first-order valence-electron chi connectivity index (χ1n) is 12.1. The number of nitrogens with one attached hydrogen (secondary N) is 1. The van der Waals surface area contributed by atoms with Crippen molar-refractivity contribution in [2.45, 2.75) is 69.0 Å². The van der Waals surface area contributed by atoms with Crippen LogP contribution in [0.25, 0.3) is 0 Å². The fourth-order valence-corrected chi connectivity index (χ4v) is 6.80. The first-order chi connectivity index (χ1) is 15.8. The Morgan fingerprint density at radius 1 is 1.03 bits per heavy atom. The van der Waals surface area contributed by atoms with Gasteiger partial charge in [-0.3, -0.25) is 9.59 Å². The minimum atomic E-state index is -3.56. The van der Waals surface area contributed by atoms with Crippen molar-refractivity contribution in [1.29, 1.82) is 0 Å². The number of hydrogen-bond donors (Lipinski definition) is 2. The van der Waals surface area contributed by atoms with E-state index in [9.17, 15) is 18.0 Å². The summed E-state index contributed by atoms with van der Waals surface area (Å²) in [5.74, 6) is -0.175. The lowest BCUT2D eigenvalue weighted by Gasteiger charge is -2.33. The van der Waals surface area contributed by atoms with Crippen molar-refractivity contribution in [2.75, 3.05) is 25.9 Å². The Hall–Kier alpha value is -1.97. The maximum atomic E-state index is 13.8. The quantitative estimate of drug-likeness (QED) is 0.645. The molecule has 3 fully saturated rings. The molecular formula is C24H36N4O4S. The van der Waals surface area contributed by atoms with E-state index in [1.54, 1.807) is 4.90 Å². The molecule has 1 aromatic carbocycles. The number of carbonyl (C=O) groups is 2. The molecule has 0 bridgehead atoms. The average molecular weight is 477 g/mol. The van der Waals surface area contributed by atoms with Gasteiger partial charge < -0.3 is 16.0 Å². The van der Waals surface area contributed by atoms with Gasteiger partial charge in [0.25, 0.3) is 0 Å². The lowest BCUT2D eigenvalue weighted by Crippen LogP contribution is -2.54. The smallest absolute Gasteiger partial charge is 0.242 e. The summed E-state index contributed by atoms with van der Waals surface area (Å²) in [4.78, 5) is 28.4. The van der Waals surface area contributed by atoms with Crippen LogP contribution >= 0.6 is 0 Å². The fraction of sp³-hybridized carbons (Fsp3) is 0.667. The van der Waals surface area contributed by atoms with Crippen molar-refractivity contribution in [3.05, 3.63) is 35.9 Å². The maximum Gasteiger partial charge on any atom is 0.242 e. The van der Waals surface area contributed by atoms with Crippen molar-refractivity contribution >= 4 is 21.8 Å². The van der Waals surface area contributed by atoms with E-state index in [0.717, 1.165) is 43.9 Å². The molecule has 182 valence electrons. The molecule has 0 spiro atoms. The number of sulfonamides is 1. The maximum absolute atomic E-state index is 13.8. The molecule has 1 saturated carbocycles. The van der Waals surface area contributed by atoms with Gasteiger partial charge in [0, 0.05) is 31.6 Å². The van der Waals surface area contributed by atoms with Crippen LogP contribution in [0, 0.1) is 5.92 Å². The molecule has 0 unspecified atom stereocenters. The summed E-state index contributed by atoms with van der Waals surface area (Å²) in [6.07, 6.45) is 7.08. The lowest BCUT2D eigenvalue weighted by atomic mass is 9.86. The standard InChI is InChI=1S/C24H36N4O4S/c1-33(31,32)28-15-13-20(18-6-3-2-4-7-18)22(28)24(30)27-14-5-8-21(27)23(29)26-16-17-9-11-19(25)12-10-17/h2-4,6-7,17,19-22H,5,8-16,25H2,1H3,(H,26,29)/t17?,19?,20-,21-,22+/m0/s1. The van der Waals surface area contributed by atoms with Crippen LogP contribution < -0.4 is 11.1 Å². The number of nitrogens with two attached hydrogens (primary N) is 1. The van der Waals surface area contributed by atoms with E-state index >= 15 is 0 Å². The largest absolute Gasteiger partial charge is 0.354 e. The van der Waals surface area contributed by atoms with Gasteiger partial charge in [0.15, 0.2) is 0 Å². The molecule has 3 aliphatic rings. The van der Waals surface area contributed by atoms with Crippen molar-refractivity contribution in [2.24, 2.45) is 11.7 Å². The van der Waals surface area contributed by atoms with E-state index in [2.05, 4.69) is 5.32 Å². The third-order valence-corrected chi connectivity index (χ3v) is 8.82. The second kappa shape index (κ2) is 10.1. The molecule has 0 radical (unpaired) electrons. The Morgan fingerprint density at radius 2 is 1.73 bits per heavy atom. The monoisotopic (exact) mass is 476 g/mol. The fourth-order valence-electron chi connectivity index (χ4n) is 5.71. The van der Waals surface area contributed by atoms with Crippen LogP contribution in [0.4, 0.5) is 0 Å². The summed E-state index contributed by atoms with van der Waals surface area (Å²) in [5, 5.41) is 3.06. The molecule has 4 rings (SSSR count). The van der Waals surface area contributed by atoms with Crippen molar-refractivity contribution in [3.8, 4) is 0 Å². The van der Waals surface area contributed by atoms with Crippen LogP contribution in [0.15, 0.2) is 30.3 Å². The number of rotatable bonds is 6. The van der Waals surface area contributed by atoms with Crippen molar-refractivity contribution in [1.82, 2.24) is 14.5 Å². The summed E-state index contributed by atoms with van der Waals surface area (Å²) in [5.41, 5.74) is 6.94. The average Bonchev–Trinajstić information content (AvgIpc) is 3.46. The number of hydrogen-bond acceptors (Lipinski definition) is 5. The first kappa shape index (κ1) is 24.2. The van der Waals surface area contributed by atoms with Crippen LogP contribution in [0.1, 0.15) is 56.4 Å². The third-order valence-electron chi connectivity index (χ3n) is 7.55. The Kier molecular flexibility index (Phi) is 7.40. The van der Waals surface area contributed by atoms with E-state index < -0.39 is 22.1 Å². The zero-order valence-corrected chi connectivity index (χ0v) is 20.2. The summed E-state index contributed by atoms with van der Waals surface area (Å²) in [6, 6.07) is 8.53. The highest BCUT2D eigenvalue weighted by Crippen LogP contribution is 2.37. The highest BCUT2D eigenvalue weighted by Gasteiger charge is 2.48. The van der Waals surface area contributed by atoms with Gasteiger partial charge in [0.2, 0.25) is 21.8 Å². The Bertz CT molecular complexity index is 946.